The highest BCUT2D eigenvalue weighted by Crippen LogP contribution is 2.19. The number of rotatable bonds is 6. The Morgan fingerprint density at radius 2 is 2.08 bits per heavy atom. The quantitative estimate of drug-likeness (QED) is 0.607. The van der Waals surface area contributed by atoms with Crippen LogP contribution in [0.5, 0.6) is 0 Å². The van der Waals surface area contributed by atoms with Crippen molar-refractivity contribution in [1.82, 2.24) is 10.3 Å². The zero-order valence-electron chi connectivity index (χ0n) is 12.7. The van der Waals surface area contributed by atoms with E-state index in [4.69, 9.17) is 4.42 Å². The minimum Gasteiger partial charge on any atom is -0.480 e. The first-order valence-electron chi connectivity index (χ1n) is 7.43. The van der Waals surface area contributed by atoms with E-state index in [0.717, 1.165) is 16.5 Å². The summed E-state index contributed by atoms with van der Waals surface area (Å²) < 4.78 is 5.08. The molecule has 3 N–H and O–H groups in total. The van der Waals surface area contributed by atoms with Gasteiger partial charge in [0, 0.05) is 29.6 Å². The normalized spacial score (nSPS) is 12.5. The van der Waals surface area contributed by atoms with Gasteiger partial charge in [-0.2, -0.15) is 0 Å². The third-order valence-corrected chi connectivity index (χ3v) is 3.66. The van der Waals surface area contributed by atoms with Crippen molar-refractivity contribution in [1.29, 1.82) is 0 Å². The van der Waals surface area contributed by atoms with Crippen molar-refractivity contribution < 1.29 is 19.1 Å². The Balaban J connectivity index is 1.71. The summed E-state index contributed by atoms with van der Waals surface area (Å²) in [6.45, 7) is 0. The average molecular weight is 324 g/mol. The van der Waals surface area contributed by atoms with Crippen LogP contribution in [-0.4, -0.2) is 28.0 Å². The van der Waals surface area contributed by atoms with Gasteiger partial charge in [-0.1, -0.05) is 18.2 Å². The van der Waals surface area contributed by atoms with Gasteiger partial charge in [-0.15, -0.1) is 0 Å². The highest BCUT2D eigenvalue weighted by Gasteiger charge is 2.21. The predicted octanol–water partition coefficient (Wildman–Crippen LogP) is 2.59. The monoisotopic (exact) mass is 324 g/mol. The van der Waals surface area contributed by atoms with Crippen molar-refractivity contribution in [3.05, 3.63) is 66.3 Å². The number of para-hydroxylation sites is 1. The van der Waals surface area contributed by atoms with Crippen LogP contribution in [0.2, 0.25) is 0 Å². The molecule has 0 radical (unpaired) electrons. The summed E-state index contributed by atoms with van der Waals surface area (Å²) >= 11 is 0. The molecule has 122 valence electrons. The minimum atomic E-state index is -1.08. The molecule has 1 amide bonds. The van der Waals surface area contributed by atoms with E-state index in [0.29, 0.717) is 5.76 Å². The van der Waals surface area contributed by atoms with Crippen LogP contribution >= 0.6 is 0 Å². The number of aromatic nitrogens is 1. The van der Waals surface area contributed by atoms with E-state index in [2.05, 4.69) is 10.3 Å². The van der Waals surface area contributed by atoms with Crippen LogP contribution in [0.3, 0.4) is 0 Å². The number of nitrogens with one attached hydrogen (secondary N) is 2. The van der Waals surface area contributed by atoms with Gasteiger partial charge in [0.25, 0.3) is 0 Å². The standard InChI is InChI=1S/C18H16N2O4/c21-17(8-7-13-4-3-9-24-13)20-16(18(22)23)10-12-11-19-15-6-2-1-5-14(12)15/h1-9,11,16,19H,10H2,(H,20,21)(H,22,23)/b8-7-/t16-/m0/s1. The number of benzene rings is 1. The molecule has 0 aliphatic carbocycles. The maximum atomic E-state index is 11.9. The van der Waals surface area contributed by atoms with Gasteiger partial charge in [0.1, 0.15) is 11.8 Å². The highest BCUT2D eigenvalue weighted by molar-refractivity contribution is 5.94. The molecule has 3 aromatic rings. The Hall–Kier alpha value is -3.28. The van der Waals surface area contributed by atoms with E-state index >= 15 is 0 Å². The summed E-state index contributed by atoms with van der Waals surface area (Å²) in [7, 11) is 0. The van der Waals surface area contributed by atoms with E-state index < -0.39 is 17.9 Å². The number of aliphatic carboxylic acids is 1. The van der Waals surface area contributed by atoms with E-state index in [1.54, 1.807) is 18.3 Å². The van der Waals surface area contributed by atoms with Crippen LogP contribution in [0.15, 0.2) is 59.4 Å². The summed E-state index contributed by atoms with van der Waals surface area (Å²) in [6.07, 6.45) is 6.20. The first-order chi connectivity index (χ1) is 11.6. The van der Waals surface area contributed by atoms with Crippen LogP contribution in [0.4, 0.5) is 0 Å². The third-order valence-electron chi connectivity index (χ3n) is 3.66. The molecule has 0 aliphatic heterocycles. The van der Waals surface area contributed by atoms with Crippen LogP contribution < -0.4 is 5.32 Å². The van der Waals surface area contributed by atoms with Crippen LogP contribution in [0, 0.1) is 0 Å². The second-order valence-electron chi connectivity index (χ2n) is 5.31. The third kappa shape index (κ3) is 3.55. The highest BCUT2D eigenvalue weighted by atomic mass is 16.4. The fourth-order valence-corrected chi connectivity index (χ4v) is 2.48. The molecule has 0 fully saturated rings. The number of hydrogen-bond acceptors (Lipinski definition) is 3. The Morgan fingerprint density at radius 1 is 1.25 bits per heavy atom. The molecule has 2 aromatic heterocycles. The maximum Gasteiger partial charge on any atom is 0.326 e. The number of carbonyl (C=O) groups excluding carboxylic acids is 1. The molecule has 0 saturated heterocycles. The zero-order valence-corrected chi connectivity index (χ0v) is 12.7. The Bertz CT molecular complexity index is 877. The second kappa shape index (κ2) is 6.87. The molecule has 3 rings (SSSR count). The maximum absolute atomic E-state index is 11.9. The lowest BCUT2D eigenvalue weighted by Crippen LogP contribution is -2.41. The first-order valence-corrected chi connectivity index (χ1v) is 7.43. The predicted molar refractivity (Wildman–Crippen MR) is 89.3 cm³/mol. The van der Waals surface area contributed by atoms with Gasteiger partial charge in [0.05, 0.1) is 6.26 Å². The Morgan fingerprint density at radius 3 is 2.83 bits per heavy atom. The number of fused-ring (bicyclic) bond motifs is 1. The largest absolute Gasteiger partial charge is 0.480 e. The number of aromatic amines is 1. The lowest BCUT2D eigenvalue weighted by Gasteiger charge is -2.12. The van der Waals surface area contributed by atoms with Gasteiger partial charge in [-0.05, 0) is 29.8 Å². The Kier molecular flexibility index (Phi) is 4.47. The van der Waals surface area contributed by atoms with Crippen molar-refractivity contribution in [2.24, 2.45) is 0 Å². The lowest BCUT2D eigenvalue weighted by atomic mass is 10.0. The molecular weight excluding hydrogens is 308 g/mol. The summed E-state index contributed by atoms with van der Waals surface area (Å²) in [5.74, 6) is -1.05. The fraction of sp³-hybridized carbons (Fsp3) is 0.111. The number of hydrogen-bond donors (Lipinski definition) is 3. The molecule has 24 heavy (non-hydrogen) atoms. The van der Waals surface area contributed by atoms with Crippen molar-refractivity contribution in [3.8, 4) is 0 Å². The number of carboxylic acids is 1. The SMILES string of the molecule is O=C(/C=C\c1ccco1)N[C@@H](Cc1c[nH]c2ccccc12)C(=O)O. The molecule has 6 nitrogen and oxygen atoms in total. The van der Waals surface area contributed by atoms with E-state index in [-0.39, 0.29) is 6.42 Å². The van der Waals surface area contributed by atoms with Crippen LogP contribution in [0.1, 0.15) is 11.3 Å². The molecule has 1 atom stereocenters. The number of carboxylic acid groups (broad SMARTS) is 1. The van der Waals surface area contributed by atoms with Crippen LogP contribution in [0.25, 0.3) is 17.0 Å². The Labute approximate surface area is 137 Å². The summed E-state index contributed by atoms with van der Waals surface area (Å²) in [4.78, 5) is 26.5. The van der Waals surface area contributed by atoms with Gasteiger partial charge in [-0.25, -0.2) is 4.79 Å². The van der Waals surface area contributed by atoms with Crippen molar-refractivity contribution in [2.75, 3.05) is 0 Å². The van der Waals surface area contributed by atoms with Crippen LogP contribution in [-0.2, 0) is 16.0 Å². The smallest absolute Gasteiger partial charge is 0.326 e. The van der Waals surface area contributed by atoms with Gasteiger partial charge >= 0.3 is 5.97 Å². The van der Waals surface area contributed by atoms with Crippen molar-refractivity contribution >= 4 is 28.9 Å². The topological polar surface area (TPSA) is 95.3 Å². The molecule has 0 saturated carbocycles. The summed E-state index contributed by atoms with van der Waals surface area (Å²) in [6, 6.07) is 10.0. The molecule has 6 heteroatoms. The number of carbonyl (C=O) groups is 2. The average Bonchev–Trinajstić information content (AvgIpc) is 3.22. The number of furan rings is 1. The molecule has 1 aromatic carbocycles. The molecule has 0 bridgehead atoms. The molecule has 2 heterocycles. The lowest BCUT2D eigenvalue weighted by molar-refractivity contribution is -0.141. The zero-order chi connectivity index (χ0) is 16.9. The number of H-pyrrole nitrogens is 1. The molecule has 0 aliphatic rings. The van der Waals surface area contributed by atoms with Gasteiger partial charge in [-0.3, -0.25) is 4.79 Å². The van der Waals surface area contributed by atoms with E-state index in [1.807, 2.05) is 24.3 Å². The fourth-order valence-electron chi connectivity index (χ4n) is 2.48. The first kappa shape index (κ1) is 15.6. The summed E-state index contributed by atoms with van der Waals surface area (Å²) in [5, 5.41) is 12.8. The minimum absolute atomic E-state index is 0.194. The second-order valence-corrected chi connectivity index (χ2v) is 5.31. The van der Waals surface area contributed by atoms with Crippen molar-refractivity contribution in [3.63, 3.8) is 0 Å². The molecule has 0 unspecified atom stereocenters. The van der Waals surface area contributed by atoms with Gasteiger partial charge in [0.2, 0.25) is 5.91 Å². The molecule has 0 spiro atoms. The van der Waals surface area contributed by atoms with Gasteiger partial charge in [0.15, 0.2) is 0 Å². The number of amides is 1. The van der Waals surface area contributed by atoms with E-state index in [1.165, 1.54) is 18.4 Å². The summed E-state index contributed by atoms with van der Waals surface area (Å²) in [5.41, 5.74) is 1.77. The molecular formula is C18H16N2O4. The van der Waals surface area contributed by atoms with Crippen molar-refractivity contribution in [2.45, 2.75) is 12.5 Å². The van der Waals surface area contributed by atoms with E-state index in [9.17, 15) is 14.7 Å². The van der Waals surface area contributed by atoms with Gasteiger partial charge < -0.3 is 19.8 Å².